The maximum absolute atomic E-state index is 11.9. The van der Waals surface area contributed by atoms with Gasteiger partial charge in [0.2, 0.25) is 11.8 Å². The van der Waals surface area contributed by atoms with E-state index < -0.39 is 5.60 Å². The van der Waals surface area contributed by atoms with E-state index in [1.165, 1.54) is 11.8 Å². The van der Waals surface area contributed by atoms with Crippen LogP contribution in [0.1, 0.15) is 13.3 Å². The highest BCUT2D eigenvalue weighted by Gasteiger charge is 2.38. The van der Waals surface area contributed by atoms with Gasteiger partial charge in [-0.05, 0) is 18.6 Å². The van der Waals surface area contributed by atoms with Crippen LogP contribution in [0.4, 0.5) is 5.82 Å². The number of amides is 2. The molecular weight excluding hydrogens is 284 g/mol. The third-order valence-electron chi connectivity index (χ3n) is 3.75. The summed E-state index contributed by atoms with van der Waals surface area (Å²) < 4.78 is 0. The van der Waals surface area contributed by atoms with E-state index in [1.54, 1.807) is 13.2 Å². The largest absolute Gasteiger partial charge is 0.386 e. The number of hydrogen-bond acceptors (Lipinski definition) is 5. The van der Waals surface area contributed by atoms with Crippen molar-refractivity contribution < 1.29 is 14.7 Å². The molecule has 1 aliphatic heterocycles. The third-order valence-corrected chi connectivity index (χ3v) is 3.75. The highest BCUT2D eigenvalue weighted by molar-refractivity contribution is 5.83. The maximum Gasteiger partial charge on any atom is 0.241 e. The van der Waals surface area contributed by atoms with Crippen molar-refractivity contribution in [2.75, 3.05) is 38.1 Å². The van der Waals surface area contributed by atoms with Crippen molar-refractivity contribution in [3.63, 3.8) is 0 Å². The van der Waals surface area contributed by atoms with Crippen molar-refractivity contribution in [1.29, 1.82) is 0 Å². The topological polar surface area (TPSA) is 85.8 Å². The number of aromatic nitrogens is 1. The second kappa shape index (κ2) is 6.74. The zero-order valence-electron chi connectivity index (χ0n) is 13.0. The van der Waals surface area contributed by atoms with E-state index in [4.69, 9.17) is 0 Å². The van der Waals surface area contributed by atoms with Crippen LogP contribution in [-0.4, -0.2) is 65.6 Å². The number of aliphatic hydroxyl groups is 1. The van der Waals surface area contributed by atoms with E-state index in [2.05, 4.69) is 10.3 Å². The Hall–Kier alpha value is -2.15. The van der Waals surface area contributed by atoms with Gasteiger partial charge in [-0.2, -0.15) is 0 Å². The predicted molar refractivity (Wildman–Crippen MR) is 82.3 cm³/mol. The quantitative estimate of drug-likeness (QED) is 0.774. The van der Waals surface area contributed by atoms with E-state index in [0.29, 0.717) is 19.5 Å². The number of hydrogen-bond donors (Lipinski definition) is 2. The van der Waals surface area contributed by atoms with Crippen LogP contribution in [-0.2, 0) is 9.59 Å². The van der Waals surface area contributed by atoms with E-state index in [0.717, 1.165) is 5.82 Å². The highest BCUT2D eigenvalue weighted by atomic mass is 16.3. The van der Waals surface area contributed by atoms with Gasteiger partial charge in [-0.15, -0.1) is 0 Å². The lowest BCUT2D eigenvalue weighted by atomic mass is 10.0. The van der Waals surface area contributed by atoms with Gasteiger partial charge in [0, 0.05) is 33.3 Å². The summed E-state index contributed by atoms with van der Waals surface area (Å²) in [5.74, 6) is 0.355. The first-order chi connectivity index (χ1) is 10.4. The number of pyridine rings is 1. The average molecular weight is 306 g/mol. The first kappa shape index (κ1) is 16.2. The molecule has 2 heterocycles. The maximum atomic E-state index is 11.9. The van der Waals surface area contributed by atoms with Crippen LogP contribution in [0.5, 0.6) is 0 Å². The number of likely N-dealkylation sites (N-methyl/N-ethyl adjacent to an activating group) is 1. The summed E-state index contributed by atoms with van der Waals surface area (Å²) in [5.41, 5.74) is -0.960. The summed E-state index contributed by atoms with van der Waals surface area (Å²) in [6.07, 6.45) is 2.29. The minimum atomic E-state index is -0.960. The Morgan fingerprint density at radius 1 is 1.50 bits per heavy atom. The Labute approximate surface area is 129 Å². The molecule has 0 saturated carbocycles. The van der Waals surface area contributed by atoms with Crippen LogP contribution in [0, 0.1) is 0 Å². The Balaban J connectivity index is 1.90. The second-order valence-electron chi connectivity index (χ2n) is 5.74. The van der Waals surface area contributed by atoms with Gasteiger partial charge < -0.3 is 20.2 Å². The van der Waals surface area contributed by atoms with Crippen LogP contribution < -0.4 is 10.2 Å². The number of nitrogens with one attached hydrogen (secondary N) is 1. The lowest BCUT2D eigenvalue weighted by molar-refractivity contribution is -0.133. The lowest BCUT2D eigenvalue weighted by Crippen LogP contribution is -2.48. The Kier molecular flexibility index (Phi) is 4.97. The SMILES string of the molecule is CC(=O)NCC(=O)N(C)CC1(O)CCN(c2ccccn2)C1. The molecule has 1 aromatic heterocycles. The van der Waals surface area contributed by atoms with E-state index >= 15 is 0 Å². The number of carbonyl (C=O) groups is 2. The van der Waals surface area contributed by atoms with Crippen LogP contribution in [0.2, 0.25) is 0 Å². The fourth-order valence-electron chi connectivity index (χ4n) is 2.59. The van der Waals surface area contributed by atoms with Crippen molar-refractivity contribution in [1.82, 2.24) is 15.2 Å². The van der Waals surface area contributed by atoms with Gasteiger partial charge in [-0.3, -0.25) is 9.59 Å². The van der Waals surface area contributed by atoms with Gasteiger partial charge in [0.05, 0.1) is 13.1 Å². The van der Waals surface area contributed by atoms with Crippen molar-refractivity contribution in [3.8, 4) is 0 Å². The van der Waals surface area contributed by atoms with Crippen molar-refractivity contribution in [2.24, 2.45) is 0 Å². The van der Waals surface area contributed by atoms with Crippen LogP contribution >= 0.6 is 0 Å². The molecule has 7 heteroatoms. The average Bonchev–Trinajstić information content (AvgIpc) is 2.87. The molecule has 1 unspecified atom stereocenters. The number of anilines is 1. The molecule has 7 nitrogen and oxygen atoms in total. The Morgan fingerprint density at radius 3 is 2.91 bits per heavy atom. The molecule has 2 rings (SSSR count). The predicted octanol–water partition coefficient (Wildman–Crippen LogP) is -0.383. The fourth-order valence-corrected chi connectivity index (χ4v) is 2.59. The normalized spacial score (nSPS) is 20.8. The molecule has 0 bridgehead atoms. The molecular formula is C15H22N4O3. The Bertz CT molecular complexity index is 537. The zero-order chi connectivity index (χ0) is 16.2. The molecule has 1 fully saturated rings. The summed E-state index contributed by atoms with van der Waals surface area (Å²) in [6.45, 7) is 2.67. The van der Waals surface area contributed by atoms with Gasteiger partial charge in [-0.1, -0.05) is 6.07 Å². The smallest absolute Gasteiger partial charge is 0.241 e. The molecule has 0 radical (unpaired) electrons. The molecule has 0 aliphatic carbocycles. The number of β-amino-alcohol motifs (C(OH)–C–C–N with tert-alkyl or cyclic N) is 1. The molecule has 2 N–H and O–H groups in total. The summed E-state index contributed by atoms with van der Waals surface area (Å²) in [7, 11) is 1.63. The van der Waals surface area contributed by atoms with E-state index in [9.17, 15) is 14.7 Å². The highest BCUT2D eigenvalue weighted by Crippen LogP contribution is 2.25. The van der Waals surface area contributed by atoms with Crippen LogP contribution in [0.25, 0.3) is 0 Å². The van der Waals surface area contributed by atoms with Gasteiger partial charge in [0.25, 0.3) is 0 Å². The zero-order valence-corrected chi connectivity index (χ0v) is 13.0. The van der Waals surface area contributed by atoms with Crippen molar-refractivity contribution in [3.05, 3.63) is 24.4 Å². The number of nitrogens with zero attached hydrogens (tertiary/aromatic N) is 3. The molecule has 1 atom stereocenters. The molecule has 1 aliphatic rings. The summed E-state index contributed by atoms with van der Waals surface area (Å²) in [6, 6.07) is 5.65. The lowest BCUT2D eigenvalue weighted by Gasteiger charge is -2.29. The minimum Gasteiger partial charge on any atom is -0.386 e. The molecule has 1 aromatic rings. The summed E-state index contributed by atoms with van der Waals surface area (Å²) in [5, 5.41) is 13.1. The van der Waals surface area contributed by atoms with Gasteiger partial charge >= 0.3 is 0 Å². The van der Waals surface area contributed by atoms with Crippen LogP contribution in [0.3, 0.4) is 0 Å². The fraction of sp³-hybridized carbons (Fsp3) is 0.533. The molecule has 0 spiro atoms. The third kappa shape index (κ3) is 4.17. The molecule has 2 amide bonds. The monoisotopic (exact) mass is 306 g/mol. The molecule has 22 heavy (non-hydrogen) atoms. The van der Waals surface area contributed by atoms with E-state index in [1.807, 2.05) is 23.1 Å². The number of carbonyl (C=O) groups excluding carboxylic acids is 2. The summed E-state index contributed by atoms with van der Waals surface area (Å²) >= 11 is 0. The number of rotatable bonds is 5. The summed E-state index contributed by atoms with van der Waals surface area (Å²) in [4.78, 5) is 30.5. The first-order valence-electron chi connectivity index (χ1n) is 7.26. The molecule has 1 saturated heterocycles. The molecule has 120 valence electrons. The van der Waals surface area contributed by atoms with Crippen molar-refractivity contribution in [2.45, 2.75) is 18.9 Å². The van der Waals surface area contributed by atoms with Gasteiger partial charge in [0.1, 0.15) is 11.4 Å². The minimum absolute atomic E-state index is 0.0497. The van der Waals surface area contributed by atoms with Crippen LogP contribution in [0.15, 0.2) is 24.4 Å². The first-order valence-corrected chi connectivity index (χ1v) is 7.26. The second-order valence-corrected chi connectivity index (χ2v) is 5.74. The van der Waals surface area contributed by atoms with E-state index in [-0.39, 0.29) is 24.9 Å². The van der Waals surface area contributed by atoms with Gasteiger partial charge in [-0.25, -0.2) is 4.98 Å². The standard InChI is InChI=1S/C15H22N4O3/c1-12(20)17-9-14(21)18(2)10-15(22)6-8-19(11-15)13-5-3-4-7-16-13/h3-5,7,22H,6,8-11H2,1-2H3,(H,17,20). The van der Waals surface area contributed by atoms with Gasteiger partial charge in [0.15, 0.2) is 0 Å². The van der Waals surface area contributed by atoms with Crippen molar-refractivity contribution >= 4 is 17.6 Å². The molecule has 0 aromatic carbocycles. The Morgan fingerprint density at radius 2 is 2.27 bits per heavy atom.